The Hall–Kier alpha value is -1.06. The normalized spacial score (nSPS) is 13.5. The summed E-state index contributed by atoms with van der Waals surface area (Å²) in [6.45, 7) is 7.32. The van der Waals surface area contributed by atoms with Crippen LogP contribution in [0.5, 0.6) is 5.75 Å². The van der Waals surface area contributed by atoms with Gasteiger partial charge in [-0.2, -0.15) is 0 Å². The summed E-state index contributed by atoms with van der Waals surface area (Å²) >= 11 is 0. The molecule has 0 saturated carbocycles. The zero-order chi connectivity index (χ0) is 12.9. The lowest BCUT2D eigenvalue weighted by atomic mass is 9.87. The highest BCUT2D eigenvalue weighted by molar-refractivity contribution is 5.31. The first-order chi connectivity index (χ1) is 7.93. The van der Waals surface area contributed by atoms with Crippen molar-refractivity contribution in [1.82, 2.24) is 0 Å². The standard InChI is InChI=1S/C14H23NO2/c1-14(2,3)11-4-6-13(7-5-11)17-9-8-12(16)10-15/h4-7,12,16H,8-10,15H2,1-3H3. The van der Waals surface area contributed by atoms with E-state index < -0.39 is 6.10 Å². The van der Waals surface area contributed by atoms with Crippen LogP contribution in [-0.4, -0.2) is 24.4 Å². The lowest BCUT2D eigenvalue weighted by molar-refractivity contribution is 0.146. The summed E-state index contributed by atoms with van der Waals surface area (Å²) in [6, 6.07) is 8.09. The van der Waals surface area contributed by atoms with E-state index in [1.807, 2.05) is 12.1 Å². The first kappa shape index (κ1) is 14.0. The van der Waals surface area contributed by atoms with Crippen molar-refractivity contribution in [2.24, 2.45) is 5.73 Å². The van der Waals surface area contributed by atoms with E-state index in [1.54, 1.807) is 0 Å². The number of nitrogens with two attached hydrogens (primary N) is 1. The van der Waals surface area contributed by atoms with Crippen LogP contribution in [0.2, 0.25) is 0 Å². The summed E-state index contributed by atoms with van der Waals surface area (Å²) in [4.78, 5) is 0. The van der Waals surface area contributed by atoms with Crippen molar-refractivity contribution in [3.8, 4) is 5.75 Å². The number of benzene rings is 1. The van der Waals surface area contributed by atoms with E-state index >= 15 is 0 Å². The fraction of sp³-hybridized carbons (Fsp3) is 0.571. The van der Waals surface area contributed by atoms with Crippen molar-refractivity contribution < 1.29 is 9.84 Å². The van der Waals surface area contributed by atoms with Gasteiger partial charge in [-0.3, -0.25) is 0 Å². The van der Waals surface area contributed by atoms with Gasteiger partial charge >= 0.3 is 0 Å². The predicted molar refractivity (Wildman–Crippen MR) is 70.3 cm³/mol. The molecule has 3 heteroatoms. The van der Waals surface area contributed by atoms with E-state index in [0.29, 0.717) is 13.0 Å². The second-order valence-corrected chi connectivity index (χ2v) is 5.30. The van der Waals surface area contributed by atoms with E-state index in [0.717, 1.165) is 5.75 Å². The van der Waals surface area contributed by atoms with Crippen LogP contribution in [0.3, 0.4) is 0 Å². The molecule has 1 atom stereocenters. The van der Waals surface area contributed by atoms with Gasteiger partial charge in [0.05, 0.1) is 12.7 Å². The van der Waals surface area contributed by atoms with Crippen LogP contribution >= 0.6 is 0 Å². The number of ether oxygens (including phenoxy) is 1. The minimum Gasteiger partial charge on any atom is -0.493 e. The molecule has 0 aromatic heterocycles. The third-order valence-corrected chi connectivity index (χ3v) is 2.71. The Labute approximate surface area is 104 Å². The molecule has 17 heavy (non-hydrogen) atoms. The van der Waals surface area contributed by atoms with Crippen LogP contribution in [0.1, 0.15) is 32.8 Å². The van der Waals surface area contributed by atoms with Crippen molar-refractivity contribution in [3.63, 3.8) is 0 Å². The zero-order valence-electron chi connectivity index (χ0n) is 10.9. The summed E-state index contributed by atoms with van der Waals surface area (Å²) in [6.07, 6.45) is 0.0983. The maximum atomic E-state index is 9.28. The first-order valence-corrected chi connectivity index (χ1v) is 6.05. The summed E-state index contributed by atoms with van der Waals surface area (Å²) < 4.78 is 5.53. The molecule has 1 unspecified atom stereocenters. The number of hydrogen-bond acceptors (Lipinski definition) is 3. The molecule has 1 aromatic carbocycles. The highest BCUT2D eigenvalue weighted by Gasteiger charge is 2.12. The molecule has 0 radical (unpaired) electrons. The molecule has 0 spiro atoms. The fourth-order valence-corrected chi connectivity index (χ4v) is 1.48. The van der Waals surface area contributed by atoms with E-state index in [-0.39, 0.29) is 12.0 Å². The summed E-state index contributed by atoms with van der Waals surface area (Å²) in [7, 11) is 0. The number of rotatable bonds is 5. The van der Waals surface area contributed by atoms with Crippen molar-refractivity contribution in [3.05, 3.63) is 29.8 Å². The molecule has 0 heterocycles. The largest absolute Gasteiger partial charge is 0.493 e. The van der Waals surface area contributed by atoms with Crippen LogP contribution in [0.15, 0.2) is 24.3 Å². The van der Waals surface area contributed by atoms with E-state index in [4.69, 9.17) is 10.5 Å². The molecular formula is C14H23NO2. The van der Waals surface area contributed by atoms with Crippen LogP contribution < -0.4 is 10.5 Å². The van der Waals surface area contributed by atoms with Gasteiger partial charge in [0.1, 0.15) is 5.75 Å². The smallest absolute Gasteiger partial charge is 0.119 e. The molecule has 0 aliphatic carbocycles. The summed E-state index contributed by atoms with van der Waals surface area (Å²) in [5, 5.41) is 9.28. The first-order valence-electron chi connectivity index (χ1n) is 6.05. The molecule has 0 bridgehead atoms. The van der Waals surface area contributed by atoms with E-state index in [9.17, 15) is 5.11 Å². The fourth-order valence-electron chi connectivity index (χ4n) is 1.48. The van der Waals surface area contributed by atoms with Gasteiger partial charge in [-0.05, 0) is 23.1 Å². The van der Waals surface area contributed by atoms with E-state index in [1.165, 1.54) is 5.56 Å². The maximum Gasteiger partial charge on any atom is 0.119 e. The molecule has 1 rings (SSSR count). The van der Waals surface area contributed by atoms with Crippen molar-refractivity contribution in [2.75, 3.05) is 13.2 Å². The lowest BCUT2D eigenvalue weighted by Crippen LogP contribution is -2.21. The highest BCUT2D eigenvalue weighted by Crippen LogP contribution is 2.24. The second kappa shape index (κ2) is 6.03. The average Bonchev–Trinajstić information content (AvgIpc) is 2.28. The quantitative estimate of drug-likeness (QED) is 0.824. The van der Waals surface area contributed by atoms with Crippen LogP contribution in [0.4, 0.5) is 0 Å². The molecule has 0 aliphatic heterocycles. The van der Waals surface area contributed by atoms with Crippen molar-refractivity contribution >= 4 is 0 Å². The monoisotopic (exact) mass is 237 g/mol. The van der Waals surface area contributed by atoms with Crippen LogP contribution in [-0.2, 0) is 5.41 Å². The van der Waals surface area contributed by atoms with Gasteiger partial charge in [0.25, 0.3) is 0 Å². The van der Waals surface area contributed by atoms with Gasteiger partial charge in [0.15, 0.2) is 0 Å². The van der Waals surface area contributed by atoms with E-state index in [2.05, 4.69) is 32.9 Å². The third kappa shape index (κ3) is 4.75. The predicted octanol–water partition coefficient (Wildman–Crippen LogP) is 2.07. The minimum absolute atomic E-state index is 0.161. The molecule has 3 N–H and O–H groups in total. The second-order valence-electron chi connectivity index (χ2n) is 5.30. The molecule has 0 saturated heterocycles. The Morgan fingerprint density at radius 1 is 1.24 bits per heavy atom. The van der Waals surface area contributed by atoms with Gasteiger partial charge in [0.2, 0.25) is 0 Å². The molecular weight excluding hydrogens is 214 g/mol. The molecule has 0 amide bonds. The Balaban J connectivity index is 2.46. The van der Waals surface area contributed by atoms with Gasteiger partial charge in [-0.15, -0.1) is 0 Å². The third-order valence-electron chi connectivity index (χ3n) is 2.71. The number of aliphatic hydroxyl groups excluding tert-OH is 1. The molecule has 1 aromatic rings. The Bertz CT molecular complexity index is 327. The Morgan fingerprint density at radius 2 is 1.82 bits per heavy atom. The number of aliphatic hydroxyl groups is 1. The lowest BCUT2D eigenvalue weighted by Gasteiger charge is -2.19. The minimum atomic E-state index is -0.469. The van der Waals surface area contributed by atoms with Gasteiger partial charge in [-0.1, -0.05) is 32.9 Å². The average molecular weight is 237 g/mol. The maximum absolute atomic E-state index is 9.28. The molecule has 96 valence electrons. The molecule has 3 nitrogen and oxygen atoms in total. The Morgan fingerprint density at radius 3 is 2.29 bits per heavy atom. The highest BCUT2D eigenvalue weighted by atomic mass is 16.5. The summed E-state index contributed by atoms with van der Waals surface area (Å²) in [5.74, 6) is 0.835. The SMILES string of the molecule is CC(C)(C)c1ccc(OCCC(O)CN)cc1. The van der Waals surface area contributed by atoms with Gasteiger partial charge in [-0.25, -0.2) is 0 Å². The molecule has 0 aliphatic rings. The summed E-state index contributed by atoms with van der Waals surface area (Å²) in [5.41, 5.74) is 6.76. The van der Waals surface area contributed by atoms with Gasteiger partial charge in [0, 0.05) is 13.0 Å². The van der Waals surface area contributed by atoms with Crippen LogP contribution in [0, 0.1) is 0 Å². The van der Waals surface area contributed by atoms with Crippen LogP contribution in [0.25, 0.3) is 0 Å². The Kier molecular flexibility index (Phi) is 4.97. The van der Waals surface area contributed by atoms with Gasteiger partial charge < -0.3 is 15.6 Å². The van der Waals surface area contributed by atoms with Crippen molar-refractivity contribution in [2.45, 2.75) is 38.7 Å². The number of hydrogen-bond donors (Lipinski definition) is 2. The zero-order valence-corrected chi connectivity index (χ0v) is 10.9. The molecule has 0 fully saturated rings. The van der Waals surface area contributed by atoms with Crippen molar-refractivity contribution in [1.29, 1.82) is 0 Å². The topological polar surface area (TPSA) is 55.5 Å².